The molecule has 1 unspecified atom stereocenters. The zero-order valence-electron chi connectivity index (χ0n) is 13.7. The Kier molecular flexibility index (Phi) is 6.43. The van der Waals surface area contributed by atoms with Gasteiger partial charge in [0.1, 0.15) is 0 Å². The lowest BCUT2D eigenvalue weighted by Gasteiger charge is -2.11. The number of aliphatic hydroxyl groups excluding tert-OH is 1. The Balaban J connectivity index is 1.81. The van der Waals surface area contributed by atoms with Gasteiger partial charge in [-0.25, -0.2) is 4.79 Å². The maximum atomic E-state index is 11.7. The van der Waals surface area contributed by atoms with Crippen LogP contribution in [-0.4, -0.2) is 49.0 Å². The van der Waals surface area contributed by atoms with Gasteiger partial charge in [-0.3, -0.25) is 0 Å². The third-order valence-electron chi connectivity index (χ3n) is 3.81. The van der Waals surface area contributed by atoms with Crippen molar-refractivity contribution in [2.24, 2.45) is 0 Å². The van der Waals surface area contributed by atoms with Gasteiger partial charge >= 0.3 is 6.03 Å². The molecular weight excluding hydrogens is 294 g/mol. The zero-order valence-corrected chi connectivity index (χ0v) is 13.7. The van der Waals surface area contributed by atoms with E-state index in [2.05, 4.69) is 40.7 Å². The van der Waals surface area contributed by atoms with Crippen molar-refractivity contribution < 1.29 is 14.6 Å². The number of carbonyl (C=O) groups excluding carboxylic acids is 1. The molecule has 4 N–H and O–H groups in total. The molecule has 1 aromatic heterocycles. The average Bonchev–Trinajstić information content (AvgIpc) is 2.96. The third-order valence-corrected chi connectivity index (χ3v) is 3.81. The highest BCUT2D eigenvalue weighted by molar-refractivity contribution is 5.86. The molecule has 6 heteroatoms. The van der Waals surface area contributed by atoms with Crippen LogP contribution >= 0.6 is 0 Å². The normalized spacial score (nSPS) is 12.3. The Hall–Kier alpha value is -2.05. The summed E-state index contributed by atoms with van der Waals surface area (Å²) in [5.41, 5.74) is 3.67. The van der Waals surface area contributed by atoms with E-state index in [9.17, 15) is 9.90 Å². The summed E-state index contributed by atoms with van der Waals surface area (Å²) in [7, 11) is 1.51. The summed E-state index contributed by atoms with van der Waals surface area (Å²) in [6.07, 6.45) is 3.06. The van der Waals surface area contributed by atoms with Crippen LogP contribution in [0.25, 0.3) is 10.9 Å². The van der Waals surface area contributed by atoms with Gasteiger partial charge in [0.25, 0.3) is 0 Å². The number of benzene rings is 1. The van der Waals surface area contributed by atoms with Crippen LogP contribution in [0.4, 0.5) is 4.79 Å². The van der Waals surface area contributed by atoms with E-state index in [1.165, 1.54) is 29.1 Å². The van der Waals surface area contributed by atoms with Crippen LogP contribution in [0.15, 0.2) is 24.4 Å². The van der Waals surface area contributed by atoms with Gasteiger partial charge in [-0.15, -0.1) is 0 Å². The van der Waals surface area contributed by atoms with Gasteiger partial charge in [-0.05, 0) is 24.0 Å². The first-order chi connectivity index (χ1) is 11.2. The van der Waals surface area contributed by atoms with Crippen LogP contribution in [0.1, 0.15) is 18.1 Å². The van der Waals surface area contributed by atoms with Crippen LogP contribution in [0.5, 0.6) is 0 Å². The molecule has 1 atom stereocenters. The van der Waals surface area contributed by atoms with Gasteiger partial charge < -0.3 is 25.5 Å². The highest BCUT2D eigenvalue weighted by atomic mass is 16.5. The molecule has 2 rings (SSSR count). The summed E-state index contributed by atoms with van der Waals surface area (Å²) in [5, 5.41) is 16.1. The van der Waals surface area contributed by atoms with Crippen LogP contribution in [0, 0.1) is 0 Å². The van der Waals surface area contributed by atoms with Crippen LogP contribution in [-0.2, 0) is 17.6 Å². The minimum atomic E-state index is -0.688. The molecule has 2 amide bonds. The maximum Gasteiger partial charge on any atom is 0.314 e. The first-order valence-electron chi connectivity index (χ1n) is 7.92. The molecule has 1 heterocycles. The number of hydrogen-bond donors (Lipinski definition) is 4. The van der Waals surface area contributed by atoms with E-state index in [1.807, 2.05) is 6.20 Å². The quantitative estimate of drug-likeness (QED) is 0.596. The van der Waals surface area contributed by atoms with Crippen molar-refractivity contribution in [3.05, 3.63) is 35.5 Å². The fourth-order valence-electron chi connectivity index (χ4n) is 2.61. The molecule has 0 radical (unpaired) electrons. The van der Waals surface area contributed by atoms with Gasteiger partial charge in [0.2, 0.25) is 0 Å². The predicted octanol–water partition coefficient (Wildman–Crippen LogP) is 1.58. The first-order valence-corrected chi connectivity index (χ1v) is 7.92. The second kappa shape index (κ2) is 8.55. The number of aromatic amines is 1. The molecule has 0 aliphatic rings. The molecule has 0 fully saturated rings. The number of nitrogens with one attached hydrogen (secondary N) is 3. The Labute approximate surface area is 136 Å². The van der Waals surface area contributed by atoms with Crippen molar-refractivity contribution in [1.29, 1.82) is 0 Å². The Morgan fingerprint density at radius 1 is 1.35 bits per heavy atom. The molecular formula is C17H25N3O3. The number of aryl methyl sites for hydroxylation is 1. The highest BCUT2D eigenvalue weighted by Gasteiger charge is 2.08. The van der Waals surface area contributed by atoms with E-state index in [1.54, 1.807) is 0 Å². The van der Waals surface area contributed by atoms with Crippen LogP contribution < -0.4 is 10.6 Å². The average molecular weight is 319 g/mol. The number of H-pyrrole nitrogens is 1. The standard InChI is InChI=1S/C17H25N3O3/c1-3-12-5-4-6-15-13(9-19-16(12)15)7-8-18-17(22)20-10-14(21)11-23-2/h4-6,9,14,19,21H,3,7-8,10-11H2,1-2H3,(H2,18,20,22). The van der Waals surface area contributed by atoms with Crippen LogP contribution in [0.2, 0.25) is 0 Å². The topological polar surface area (TPSA) is 86.4 Å². The van der Waals surface area contributed by atoms with Gasteiger partial charge in [0.15, 0.2) is 0 Å². The fraction of sp³-hybridized carbons (Fsp3) is 0.471. The number of aliphatic hydroxyl groups is 1. The van der Waals surface area contributed by atoms with Gasteiger partial charge in [0.05, 0.1) is 12.7 Å². The Morgan fingerprint density at radius 3 is 2.91 bits per heavy atom. The molecule has 0 aliphatic heterocycles. The van der Waals surface area contributed by atoms with Crippen molar-refractivity contribution in [3.63, 3.8) is 0 Å². The number of rotatable bonds is 8. The fourth-order valence-corrected chi connectivity index (χ4v) is 2.61. The monoisotopic (exact) mass is 319 g/mol. The highest BCUT2D eigenvalue weighted by Crippen LogP contribution is 2.22. The third kappa shape index (κ3) is 4.71. The number of carbonyl (C=O) groups is 1. The lowest BCUT2D eigenvalue weighted by Crippen LogP contribution is -2.41. The van der Waals surface area contributed by atoms with E-state index >= 15 is 0 Å². The zero-order chi connectivity index (χ0) is 16.7. The largest absolute Gasteiger partial charge is 0.389 e. The van der Waals surface area contributed by atoms with E-state index < -0.39 is 6.10 Å². The summed E-state index contributed by atoms with van der Waals surface area (Å²) >= 11 is 0. The maximum absolute atomic E-state index is 11.7. The second-order valence-corrected chi connectivity index (χ2v) is 5.50. The molecule has 0 saturated heterocycles. The molecule has 0 spiro atoms. The van der Waals surface area contributed by atoms with E-state index in [0.29, 0.717) is 6.54 Å². The number of ether oxygens (including phenoxy) is 1. The number of fused-ring (bicyclic) bond motifs is 1. The minimum Gasteiger partial charge on any atom is -0.389 e. The second-order valence-electron chi connectivity index (χ2n) is 5.50. The number of para-hydroxylation sites is 1. The lowest BCUT2D eigenvalue weighted by molar-refractivity contribution is 0.0660. The summed E-state index contributed by atoms with van der Waals surface area (Å²) in [5.74, 6) is 0. The first kappa shape index (κ1) is 17.3. The molecule has 0 aliphatic carbocycles. The Morgan fingerprint density at radius 2 is 2.17 bits per heavy atom. The summed E-state index contributed by atoms with van der Waals surface area (Å²) in [4.78, 5) is 15.0. The summed E-state index contributed by atoms with van der Waals surface area (Å²) in [6, 6.07) is 6.01. The smallest absolute Gasteiger partial charge is 0.314 e. The number of hydrogen-bond acceptors (Lipinski definition) is 3. The molecule has 0 bridgehead atoms. The number of urea groups is 1. The SMILES string of the molecule is CCc1cccc2c(CCNC(=O)NCC(O)COC)c[nH]c12. The van der Waals surface area contributed by atoms with Crippen LogP contribution in [0.3, 0.4) is 0 Å². The lowest BCUT2D eigenvalue weighted by atomic mass is 10.1. The molecule has 2 aromatic rings. The van der Waals surface area contributed by atoms with Gasteiger partial charge in [0, 0.05) is 37.3 Å². The van der Waals surface area contributed by atoms with Crippen molar-refractivity contribution in [1.82, 2.24) is 15.6 Å². The summed E-state index contributed by atoms with van der Waals surface area (Å²) < 4.78 is 4.80. The molecule has 6 nitrogen and oxygen atoms in total. The van der Waals surface area contributed by atoms with Crippen molar-refractivity contribution in [2.45, 2.75) is 25.9 Å². The predicted molar refractivity (Wildman–Crippen MR) is 90.7 cm³/mol. The molecule has 126 valence electrons. The molecule has 1 aromatic carbocycles. The number of methoxy groups -OCH3 is 1. The molecule has 23 heavy (non-hydrogen) atoms. The van der Waals surface area contributed by atoms with Crippen molar-refractivity contribution in [2.75, 3.05) is 26.8 Å². The van der Waals surface area contributed by atoms with Gasteiger partial charge in [-0.2, -0.15) is 0 Å². The van der Waals surface area contributed by atoms with E-state index in [-0.39, 0.29) is 19.2 Å². The summed E-state index contributed by atoms with van der Waals surface area (Å²) in [6.45, 7) is 3.05. The van der Waals surface area contributed by atoms with Crippen molar-refractivity contribution in [3.8, 4) is 0 Å². The Bertz CT molecular complexity index is 639. The minimum absolute atomic E-state index is 0.173. The van der Waals surface area contributed by atoms with Gasteiger partial charge in [-0.1, -0.05) is 25.1 Å². The van der Waals surface area contributed by atoms with E-state index in [0.717, 1.165) is 12.8 Å². The van der Waals surface area contributed by atoms with E-state index in [4.69, 9.17) is 4.74 Å². The van der Waals surface area contributed by atoms with Crippen molar-refractivity contribution >= 4 is 16.9 Å². The molecule has 0 saturated carbocycles. The number of aromatic nitrogens is 1. The number of amides is 2.